The lowest BCUT2D eigenvalue weighted by Gasteiger charge is -2.57. The van der Waals surface area contributed by atoms with Crippen molar-refractivity contribution in [1.82, 2.24) is 0 Å². The fraction of sp³-hybridized carbons (Fsp3) is 0.240. The second-order valence-electron chi connectivity index (χ2n) is 15.3. The summed E-state index contributed by atoms with van der Waals surface area (Å²) in [6, 6.07) is 53.4. The second-order valence-corrected chi connectivity index (χ2v) is 16.9. The van der Waals surface area contributed by atoms with Crippen LogP contribution in [0.2, 0.25) is 0 Å². The molecule has 0 aliphatic heterocycles. The first kappa shape index (κ1) is 35.6. The van der Waals surface area contributed by atoms with Crippen molar-refractivity contribution in [1.29, 1.82) is 0 Å². The van der Waals surface area contributed by atoms with Crippen LogP contribution in [0.25, 0.3) is 21.5 Å². The number of hydrogen-bond donors (Lipinski definition) is 0. The smallest absolute Gasteiger partial charge is 0.296 e. The van der Waals surface area contributed by atoms with Crippen LogP contribution in [0, 0.1) is 6.92 Å². The standard InChI is InChI=1S/C50H46O4S/c1-36-26-28-39(29-27-36)55(51,52)54-34-14-31-50-46-23-9-6-20-43(46)49(44-21-7-10-24-47(44)50,45-22-8-11-25-48(45)50)30-13-33-53-32-12-19-42-40-17-4-2-15-37(40)35-38-16-3-5-18-41(38)42/h2-11,15-18,20-29,35H,12-14,19,30-34H2,1H3. The monoisotopic (exact) mass is 742 g/mol. The lowest BCUT2D eigenvalue weighted by Crippen LogP contribution is -2.51. The molecule has 0 amide bonds. The summed E-state index contributed by atoms with van der Waals surface area (Å²) in [6.45, 7) is 3.48. The zero-order valence-corrected chi connectivity index (χ0v) is 32.2. The molecular formula is C50H46O4S. The molecule has 5 heteroatoms. The average Bonchev–Trinajstić information content (AvgIpc) is 3.22. The fourth-order valence-corrected chi connectivity index (χ4v) is 10.9. The number of rotatable bonds is 14. The molecule has 0 saturated heterocycles. The zero-order chi connectivity index (χ0) is 37.5. The molecule has 7 aromatic rings. The minimum absolute atomic E-state index is 0.115. The van der Waals surface area contributed by atoms with Gasteiger partial charge in [0.25, 0.3) is 10.1 Å². The van der Waals surface area contributed by atoms with Gasteiger partial charge in [0.15, 0.2) is 0 Å². The molecule has 0 heterocycles. The molecule has 0 spiro atoms. The largest absolute Gasteiger partial charge is 0.381 e. The summed E-state index contributed by atoms with van der Waals surface area (Å²) in [5.74, 6) is 0. The quantitative estimate of drug-likeness (QED) is 0.0632. The molecule has 0 aromatic heterocycles. The van der Waals surface area contributed by atoms with Gasteiger partial charge in [-0.25, -0.2) is 0 Å². The SMILES string of the molecule is Cc1ccc(S(=O)(=O)OCCCC23c4ccccc4C(CCCOCCCc4c5ccccc5cc5ccccc45)(c4ccccc42)c2ccccc23)cc1. The second kappa shape index (κ2) is 14.5. The molecule has 7 aromatic carbocycles. The van der Waals surface area contributed by atoms with Crippen LogP contribution in [0.1, 0.15) is 76.6 Å². The highest BCUT2D eigenvalue weighted by Crippen LogP contribution is 2.64. The molecule has 4 nitrogen and oxygen atoms in total. The van der Waals surface area contributed by atoms with E-state index in [4.69, 9.17) is 8.92 Å². The van der Waals surface area contributed by atoms with E-state index in [0.29, 0.717) is 13.0 Å². The Balaban J connectivity index is 0.941. The van der Waals surface area contributed by atoms with Crippen molar-refractivity contribution in [3.05, 3.63) is 196 Å². The molecule has 3 aliphatic rings. The Bertz CT molecular complexity index is 2450. The highest BCUT2D eigenvalue weighted by Gasteiger charge is 2.57. The third-order valence-electron chi connectivity index (χ3n) is 12.2. The van der Waals surface area contributed by atoms with Crippen LogP contribution in [0.4, 0.5) is 0 Å². The van der Waals surface area contributed by atoms with Crippen LogP contribution in [-0.2, 0) is 36.3 Å². The van der Waals surface area contributed by atoms with E-state index in [9.17, 15) is 8.42 Å². The Morgan fingerprint density at radius 1 is 0.491 bits per heavy atom. The van der Waals surface area contributed by atoms with Crippen molar-refractivity contribution in [2.24, 2.45) is 0 Å². The number of fused-ring (bicyclic) bond motifs is 2. The molecule has 0 N–H and O–H groups in total. The maximum Gasteiger partial charge on any atom is 0.296 e. The van der Waals surface area contributed by atoms with Crippen LogP contribution in [-0.4, -0.2) is 28.2 Å². The Morgan fingerprint density at radius 2 is 0.909 bits per heavy atom. The Labute approximate surface area is 324 Å². The van der Waals surface area contributed by atoms with Crippen LogP contribution in [0.5, 0.6) is 0 Å². The van der Waals surface area contributed by atoms with Crippen molar-refractivity contribution >= 4 is 31.7 Å². The van der Waals surface area contributed by atoms with Crippen LogP contribution < -0.4 is 0 Å². The van der Waals surface area contributed by atoms with E-state index < -0.39 is 15.5 Å². The number of hydrogen-bond acceptors (Lipinski definition) is 4. The average molecular weight is 743 g/mol. The van der Waals surface area contributed by atoms with Gasteiger partial charge in [-0.3, -0.25) is 4.18 Å². The Kier molecular flexibility index (Phi) is 9.42. The predicted octanol–water partition coefficient (Wildman–Crippen LogP) is 11.2. The first-order valence-electron chi connectivity index (χ1n) is 19.7. The lowest BCUT2D eigenvalue weighted by molar-refractivity contribution is 0.125. The molecule has 0 atom stereocenters. The summed E-state index contributed by atoms with van der Waals surface area (Å²) in [6.07, 6.45) is 5.11. The van der Waals surface area contributed by atoms with E-state index >= 15 is 0 Å². The minimum Gasteiger partial charge on any atom is -0.381 e. The molecule has 0 saturated carbocycles. The molecule has 55 heavy (non-hydrogen) atoms. The third-order valence-corrected chi connectivity index (χ3v) is 13.5. The van der Waals surface area contributed by atoms with E-state index in [1.807, 2.05) is 6.92 Å². The normalized spacial score (nSPS) is 18.3. The molecule has 0 unspecified atom stereocenters. The van der Waals surface area contributed by atoms with E-state index in [1.54, 1.807) is 24.3 Å². The van der Waals surface area contributed by atoms with Gasteiger partial charge in [0, 0.05) is 24.0 Å². The lowest BCUT2D eigenvalue weighted by atomic mass is 9.45. The Morgan fingerprint density at radius 3 is 1.40 bits per heavy atom. The zero-order valence-electron chi connectivity index (χ0n) is 31.3. The molecular weight excluding hydrogens is 697 g/mol. The van der Waals surface area contributed by atoms with Gasteiger partial charge in [-0.1, -0.05) is 139 Å². The predicted molar refractivity (Wildman–Crippen MR) is 222 cm³/mol. The molecule has 0 radical (unpaired) electrons. The van der Waals surface area contributed by atoms with Crippen molar-refractivity contribution in [3.63, 3.8) is 0 Å². The summed E-state index contributed by atoms with van der Waals surface area (Å²) in [5, 5.41) is 5.25. The highest BCUT2D eigenvalue weighted by atomic mass is 32.2. The number of aryl methyl sites for hydroxylation is 2. The van der Waals surface area contributed by atoms with Crippen molar-refractivity contribution in [3.8, 4) is 0 Å². The van der Waals surface area contributed by atoms with Crippen LogP contribution in [0.3, 0.4) is 0 Å². The first-order valence-corrected chi connectivity index (χ1v) is 21.1. The van der Waals surface area contributed by atoms with Gasteiger partial charge in [0.2, 0.25) is 0 Å². The van der Waals surface area contributed by atoms with Gasteiger partial charge in [-0.2, -0.15) is 8.42 Å². The van der Waals surface area contributed by atoms with E-state index in [-0.39, 0.29) is 16.9 Å². The summed E-state index contributed by atoms with van der Waals surface area (Å²) in [7, 11) is -3.85. The molecule has 276 valence electrons. The van der Waals surface area contributed by atoms with Crippen LogP contribution in [0.15, 0.2) is 157 Å². The molecule has 10 rings (SSSR count). The summed E-state index contributed by atoms with van der Waals surface area (Å²) in [4.78, 5) is 0.194. The molecule has 0 fully saturated rings. The van der Waals surface area contributed by atoms with Gasteiger partial charge >= 0.3 is 0 Å². The molecule has 3 aliphatic carbocycles. The van der Waals surface area contributed by atoms with E-state index in [1.165, 1.54) is 60.5 Å². The topological polar surface area (TPSA) is 52.6 Å². The number of benzene rings is 7. The van der Waals surface area contributed by atoms with Gasteiger partial charge in [-0.05, 0) is 124 Å². The summed E-state index contributed by atoms with van der Waals surface area (Å²) in [5.41, 5.74) is 9.70. The van der Waals surface area contributed by atoms with Gasteiger partial charge in [-0.15, -0.1) is 0 Å². The summed E-state index contributed by atoms with van der Waals surface area (Å²) >= 11 is 0. The molecule has 2 bridgehead atoms. The minimum atomic E-state index is -3.85. The maximum atomic E-state index is 13.1. The Hall–Kier alpha value is -5.07. The van der Waals surface area contributed by atoms with Crippen molar-refractivity contribution in [2.45, 2.75) is 61.2 Å². The van der Waals surface area contributed by atoms with E-state index in [0.717, 1.165) is 44.3 Å². The van der Waals surface area contributed by atoms with Crippen molar-refractivity contribution < 1.29 is 17.3 Å². The van der Waals surface area contributed by atoms with Gasteiger partial charge in [0.1, 0.15) is 0 Å². The number of ether oxygens (including phenoxy) is 1. The van der Waals surface area contributed by atoms with Crippen LogP contribution >= 0.6 is 0 Å². The first-order chi connectivity index (χ1) is 26.9. The van der Waals surface area contributed by atoms with Crippen molar-refractivity contribution in [2.75, 3.05) is 19.8 Å². The van der Waals surface area contributed by atoms with E-state index in [2.05, 4.69) is 127 Å². The third kappa shape index (κ3) is 6.01. The summed E-state index contributed by atoms with van der Waals surface area (Å²) < 4.78 is 38.3. The maximum absolute atomic E-state index is 13.1. The van der Waals surface area contributed by atoms with Gasteiger partial charge < -0.3 is 4.74 Å². The fourth-order valence-electron chi connectivity index (χ4n) is 9.91. The highest BCUT2D eigenvalue weighted by molar-refractivity contribution is 7.86. The van der Waals surface area contributed by atoms with Gasteiger partial charge in [0.05, 0.1) is 11.5 Å².